The van der Waals surface area contributed by atoms with E-state index >= 15 is 0 Å². The Morgan fingerprint density at radius 2 is 2.03 bits per heavy atom. The highest BCUT2D eigenvalue weighted by molar-refractivity contribution is 5.66. The van der Waals surface area contributed by atoms with Crippen LogP contribution in [0.5, 0.6) is 5.75 Å². The smallest absolute Gasteiger partial charge is 0.227 e. The second-order valence-corrected chi connectivity index (χ2v) is 7.80. The van der Waals surface area contributed by atoms with Gasteiger partial charge in [-0.2, -0.15) is 0 Å². The number of methoxy groups -OCH3 is 2. The highest BCUT2D eigenvalue weighted by Gasteiger charge is 2.34. The van der Waals surface area contributed by atoms with E-state index in [0.717, 1.165) is 46.6 Å². The van der Waals surface area contributed by atoms with Gasteiger partial charge in [-0.3, -0.25) is 4.98 Å². The molecule has 2 heterocycles. The number of benzene rings is 1. The maximum atomic E-state index is 9.86. The Morgan fingerprint density at radius 1 is 1.17 bits per heavy atom. The number of hydrogen-bond acceptors (Lipinski definition) is 7. The van der Waals surface area contributed by atoms with Crippen LogP contribution in [-0.2, 0) is 23.2 Å². The van der Waals surface area contributed by atoms with Crippen molar-refractivity contribution in [3.05, 3.63) is 59.5 Å². The van der Waals surface area contributed by atoms with Crippen molar-refractivity contribution in [2.45, 2.75) is 31.8 Å². The third-order valence-corrected chi connectivity index (χ3v) is 5.66. The Labute approximate surface area is 176 Å². The van der Waals surface area contributed by atoms with Crippen molar-refractivity contribution >= 4 is 11.6 Å². The normalized spacial score (nSPS) is 17.6. The van der Waals surface area contributed by atoms with Crippen molar-refractivity contribution in [1.29, 1.82) is 0 Å². The Balaban J connectivity index is 1.62. The number of anilines is 2. The molecule has 0 saturated carbocycles. The topological polar surface area (TPSA) is 89.4 Å². The second kappa shape index (κ2) is 8.38. The first-order chi connectivity index (χ1) is 14.6. The molecular formula is C23H26N4O3. The molecule has 0 spiro atoms. The van der Waals surface area contributed by atoms with E-state index < -0.39 is 0 Å². The first kappa shape index (κ1) is 20.3. The van der Waals surface area contributed by atoms with Gasteiger partial charge in [0.15, 0.2) is 0 Å². The Morgan fingerprint density at radius 3 is 2.80 bits per heavy atom. The van der Waals surface area contributed by atoms with Gasteiger partial charge in [0.2, 0.25) is 5.95 Å². The van der Waals surface area contributed by atoms with Gasteiger partial charge in [0.25, 0.3) is 0 Å². The lowest BCUT2D eigenvalue weighted by atomic mass is 9.85. The molecule has 1 aliphatic carbocycles. The second-order valence-electron chi connectivity index (χ2n) is 7.80. The van der Waals surface area contributed by atoms with Gasteiger partial charge in [0, 0.05) is 36.2 Å². The third kappa shape index (κ3) is 3.86. The molecule has 0 bridgehead atoms. The van der Waals surface area contributed by atoms with E-state index in [1.165, 1.54) is 0 Å². The molecule has 0 radical (unpaired) electrons. The van der Waals surface area contributed by atoms with Gasteiger partial charge in [0.05, 0.1) is 31.7 Å². The average molecular weight is 406 g/mol. The van der Waals surface area contributed by atoms with Crippen molar-refractivity contribution < 1.29 is 14.6 Å². The molecule has 1 aliphatic rings. The number of aliphatic hydroxyl groups is 1. The van der Waals surface area contributed by atoms with Gasteiger partial charge in [0.1, 0.15) is 5.75 Å². The number of nitrogens with zero attached hydrogens (tertiary/aromatic N) is 3. The molecule has 7 nitrogen and oxygen atoms in total. The lowest BCUT2D eigenvalue weighted by Gasteiger charge is -2.22. The van der Waals surface area contributed by atoms with Crippen LogP contribution in [0.15, 0.2) is 42.7 Å². The number of ether oxygens (including phenoxy) is 2. The summed E-state index contributed by atoms with van der Waals surface area (Å²) in [5, 5.41) is 13.1. The zero-order chi connectivity index (χ0) is 21.1. The largest absolute Gasteiger partial charge is 0.495 e. The number of pyridine rings is 1. The molecule has 156 valence electrons. The van der Waals surface area contributed by atoms with Crippen LogP contribution in [0.25, 0.3) is 11.3 Å². The highest BCUT2D eigenvalue weighted by atomic mass is 16.5. The quantitative estimate of drug-likeness (QED) is 0.619. The average Bonchev–Trinajstić information content (AvgIpc) is 3.12. The van der Waals surface area contributed by atoms with Crippen LogP contribution < -0.4 is 10.1 Å². The molecule has 2 aromatic heterocycles. The first-order valence-electron chi connectivity index (χ1n) is 9.93. The third-order valence-electron chi connectivity index (χ3n) is 5.66. The standard InChI is InChI=1S/C23H26N4O3/c1-23(14-28)8-6-19-17(23)11-16(12-25-19)18-7-9-24-22(26-18)27-20-5-4-15(13-29-2)10-21(20)30-3/h4-5,7,9-12,28H,6,8,13-14H2,1-3H3,(H,24,26,27). The molecule has 7 heteroatoms. The zero-order valence-electron chi connectivity index (χ0n) is 17.5. The molecule has 0 fully saturated rings. The van der Waals surface area contributed by atoms with Crippen molar-refractivity contribution in [2.24, 2.45) is 0 Å². The summed E-state index contributed by atoms with van der Waals surface area (Å²) >= 11 is 0. The molecular weight excluding hydrogens is 380 g/mol. The minimum Gasteiger partial charge on any atom is -0.495 e. The van der Waals surface area contributed by atoms with E-state index in [1.54, 1.807) is 20.4 Å². The van der Waals surface area contributed by atoms with Crippen LogP contribution in [0.1, 0.15) is 30.2 Å². The minimum atomic E-state index is -0.246. The van der Waals surface area contributed by atoms with Crippen molar-refractivity contribution in [2.75, 3.05) is 26.1 Å². The monoisotopic (exact) mass is 406 g/mol. The maximum absolute atomic E-state index is 9.86. The van der Waals surface area contributed by atoms with Gasteiger partial charge in [-0.15, -0.1) is 0 Å². The van der Waals surface area contributed by atoms with Gasteiger partial charge >= 0.3 is 0 Å². The molecule has 1 aromatic carbocycles. The van der Waals surface area contributed by atoms with Crippen LogP contribution in [0, 0.1) is 0 Å². The highest BCUT2D eigenvalue weighted by Crippen LogP contribution is 2.39. The number of aliphatic hydroxyl groups excluding tert-OH is 1. The first-order valence-corrected chi connectivity index (χ1v) is 9.93. The fraction of sp³-hybridized carbons (Fsp3) is 0.348. The summed E-state index contributed by atoms with van der Waals surface area (Å²) in [6.07, 6.45) is 5.36. The summed E-state index contributed by atoms with van der Waals surface area (Å²) in [4.78, 5) is 13.6. The minimum absolute atomic E-state index is 0.112. The number of fused-ring (bicyclic) bond motifs is 1. The number of rotatable bonds is 7. The van der Waals surface area contributed by atoms with Gasteiger partial charge in [-0.25, -0.2) is 9.97 Å². The molecule has 4 rings (SSSR count). The maximum Gasteiger partial charge on any atom is 0.227 e. The predicted octanol–water partition coefficient (Wildman–Crippen LogP) is 3.63. The molecule has 0 aliphatic heterocycles. The molecule has 1 unspecified atom stereocenters. The lowest BCUT2D eigenvalue weighted by molar-refractivity contribution is 0.184. The van der Waals surface area contributed by atoms with E-state index in [0.29, 0.717) is 18.3 Å². The Hall–Kier alpha value is -3.03. The lowest BCUT2D eigenvalue weighted by Crippen LogP contribution is -2.23. The fourth-order valence-corrected chi connectivity index (χ4v) is 3.84. The van der Waals surface area contributed by atoms with Gasteiger partial charge < -0.3 is 19.9 Å². The number of hydrogen-bond donors (Lipinski definition) is 2. The van der Waals surface area contributed by atoms with Crippen LogP contribution in [0.2, 0.25) is 0 Å². The summed E-state index contributed by atoms with van der Waals surface area (Å²) in [6.45, 7) is 2.71. The Bertz CT molecular complexity index is 1060. The molecule has 1 atom stereocenters. The van der Waals surface area contributed by atoms with E-state index in [-0.39, 0.29) is 12.0 Å². The molecule has 0 saturated heterocycles. The van der Waals surface area contributed by atoms with E-state index in [2.05, 4.69) is 33.3 Å². The van der Waals surface area contributed by atoms with Gasteiger partial charge in [-0.1, -0.05) is 13.0 Å². The summed E-state index contributed by atoms with van der Waals surface area (Å²) in [5.41, 5.74) is 5.38. The van der Waals surface area contributed by atoms with Crippen LogP contribution >= 0.6 is 0 Å². The van der Waals surface area contributed by atoms with Gasteiger partial charge in [-0.05, 0) is 48.2 Å². The van der Waals surface area contributed by atoms with E-state index in [4.69, 9.17) is 9.47 Å². The molecule has 2 N–H and O–H groups in total. The number of nitrogens with one attached hydrogen (secondary N) is 1. The van der Waals surface area contributed by atoms with Crippen LogP contribution in [0.4, 0.5) is 11.6 Å². The number of aryl methyl sites for hydroxylation is 1. The van der Waals surface area contributed by atoms with Crippen molar-refractivity contribution in [3.8, 4) is 17.0 Å². The number of aromatic nitrogens is 3. The van der Waals surface area contributed by atoms with Crippen molar-refractivity contribution in [1.82, 2.24) is 15.0 Å². The molecule has 0 amide bonds. The van der Waals surface area contributed by atoms with E-state index in [9.17, 15) is 5.11 Å². The summed E-state index contributed by atoms with van der Waals surface area (Å²) in [5.74, 6) is 1.16. The zero-order valence-corrected chi connectivity index (χ0v) is 17.5. The molecule has 3 aromatic rings. The summed E-state index contributed by atoms with van der Waals surface area (Å²) < 4.78 is 10.7. The van der Waals surface area contributed by atoms with Crippen molar-refractivity contribution in [3.63, 3.8) is 0 Å². The SMILES string of the molecule is COCc1ccc(Nc2nccc(-c3cnc4c(c3)C(C)(CO)CC4)n2)c(OC)c1. The van der Waals surface area contributed by atoms with Crippen LogP contribution in [0.3, 0.4) is 0 Å². The summed E-state index contributed by atoms with van der Waals surface area (Å²) in [6, 6.07) is 9.78. The summed E-state index contributed by atoms with van der Waals surface area (Å²) in [7, 11) is 3.29. The van der Waals surface area contributed by atoms with Crippen LogP contribution in [-0.4, -0.2) is 40.9 Å². The fourth-order valence-electron chi connectivity index (χ4n) is 3.84. The Kier molecular flexibility index (Phi) is 5.65. The predicted molar refractivity (Wildman–Crippen MR) is 115 cm³/mol. The molecule has 30 heavy (non-hydrogen) atoms. The van der Waals surface area contributed by atoms with E-state index in [1.807, 2.05) is 30.5 Å².